The largest absolute Gasteiger partial charge is 0.444 e. The third kappa shape index (κ3) is 4.78. The zero-order valence-corrected chi connectivity index (χ0v) is 16.4. The molecule has 27 heavy (non-hydrogen) atoms. The molecule has 3 rings (SSSR count). The van der Waals surface area contributed by atoms with Gasteiger partial charge in [0.2, 0.25) is 5.82 Å². The van der Waals surface area contributed by atoms with Crippen LogP contribution in [-0.2, 0) is 4.74 Å². The number of aromatic nitrogens is 4. The molecule has 1 aromatic heterocycles. The van der Waals surface area contributed by atoms with Gasteiger partial charge < -0.3 is 9.64 Å². The Morgan fingerprint density at radius 2 is 1.67 bits per heavy atom. The maximum absolute atomic E-state index is 12.5. The Bertz CT molecular complexity index is 758. The Balaban J connectivity index is 1.78. The molecule has 0 radical (unpaired) electrons. The number of carbonyl (C=O) groups is 1. The van der Waals surface area contributed by atoms with Crippen molar-refractivity contribution in [1.82, 2.24) is 25.3 Å². The second-order valence-corrected chi connectivity index (χ2v) is 8.00. The molecular formula is C20H27N5O2. The summed E-state index contributed by atoms with van der Waals surface area (Å²) in [5.74, 6) is 1.11. The summed E-state index contributed by atoms with van der Waals surface area (Å²) in [7, 11) is 1.79. The van der Waals surface area contributed by atoms with Crippen molar-refractivity contribution in [3.63, 3.8) is 0 Å². The Labute approximate surface area is 160 Å². The summed E-state index contributed by atoms with van der Waals surface area (Å²) >= 11 is 0. The smallest absolute Gasteiger partial charge is 0.410 e. The lowest BCUT2D eigenvalue weighted by Crippen LogP contribution is -2.45. The van der Waals surface area contributed by atoms with E-state index in [4.69, 9.17) is 4.74 Å². The van der Waals surface area contributed by atoms with E-state index in [-0.39, 0.29) is 18.1 Å². The number of rotatable bonds is 3. The van der Waals surface area contributed by atoms with Crippen LogP contribution in [0.2, 0.25) is 0 Å². The minimum absolute atomic E-state index is 0.0141. The molecule has 7 heteroatoms. The maximum atomic E-state index is 12.5. The van der Waals surface area contributed by atoms with Crippen LogP contribution >= 0.6 is 0 Å². The van der Waals surface area contributed by atoms with E-state index in [2.05, 4.69) is 20.4 Å². The van der Waals surface area contributed by atoms with E-state index in [0.29, 0.717) is 11.6 Å². The number of benzene rings is 1. The predicted octanol–water partition coefficient (Wildman–Crippen LogP) is 3.83. The quantitative estimate of drug-likeness (QED) is 0.818. The fourth-order valence-corrected chi connectivity index (χ4v) is 3.43. The SMILES string of the molecule is CN(C(=O)OC(C)(C)C)C1CCCCC1c1nnc(-c2ccccc2)nn1. The number of ether oxygens (including phenoxy) is 1. The zero-order chi connectivity index (χ0) is 19.4. The van der Waals surface area contributed by atoms with Crippen LogP contribution in [0, 0.1) is 0 Å². The first-order valence-corrected chi connectivity index (χ1v) is 9.44. The first-order chi connectivity index (χ1) is 12.8. The highest BCUT2D eigenvalue weighted by Crippen LogP contribution is 2.34. The summed E-state index contributed by atoms with van der Waals surface area (Å²) in [5, 5.41) is 17.2. The highest BCUT2D eigenvalue weighted by molar-refractivity contribution is 5.68. The fourth-order valence-electron chi connectivity index (χ4n) is 3.43. The summed E-state index contributed by atoms with van der Waals surface area (Å²) in [6.07, 6.45) is 3.63. The summed E-state index contributed by atoms with van der Waals surface area (Å²) in [6.45, 7) is 5.61. The number of hydrogen-bond acceptors (Lipinski definition) is 6. The number of hydrogen-bond donors (Lipinski definition) is 0. The zero-order valence-electron chi connectivity index (χ0n) is 16.4. The van der Waals surface area contributed by atoms with E-state index < -0.39 is 5.60 Å². The van der Waals surface area contributed by atoms with Crippen molar-refractivity contribution < 1.29 is 9.53 Å². The van der Waals surface area contributed by atoms with Crippen LogP contribution in [0.1, 0.15) is 58.2 Å². The van der Waals surface area contributed by atoms with E-state index in [1.165, 1.54) is 0 Å². The maximum Gasteiger partial charge on any atom is 0.410 e. The van der Waals surface area contributed by atoms with Crippen LogP contribution in [0.4, 0.5) is 4.79 Å². The molecule has 0 N–H and O–H groups in total. The third-order valence-corrected chi connectivity index (χ3v) is 4.77. The van der Waals surface area contributed by atoms with Crippen LogP contribution in [0.25, 0.3) is 11.4 Å². The summed E-state index contributed by atoms with van der Waals surface area (Å²) in [4.78, 5) is 14.2. The molecule has 0 spiro atoms. The van der Waals surface area contributed by atoms with E-state index >= 15 is 0 Å². The van der Waals surface area contributed by atoms with Crippen LogP contribution in [-0.4, -0.2) is 50.1 Å². The van der Waals surface area contributed by atoms with Crippen LogP contribution in [0.3, 0.4) is 0 Å². The topological polar surface area (TPSA) is 81.1 Å². The molecule has 1 saturated carbocycles. The molecule has 2 atom stereocenters. The minimum atomic E-state index is -0.521. The number of amides is 1. The predicted molar refractivity (Wildman–Crippen MR) is 102 cm³/mol. The molecule has 1 heterocycles. The van der Waals surface area contributed by atoms with Gasteiger partial charge in [-0.2, -0.15) is 0 Å². The first-order valence-electron chi connectivity index (χ1n) is 9.44. The standard InChI is InChI=1S/C20H27N5O2/c1-20(2,3)27-19(26)25(4)16-13-9-8-12-15(16)18-23-21-17(22-24-18)14-10-6-5-7-11-14/h5-7,10-11,15-16H,8-9,12-13H2,1-4H3. The number of likely N-dealkylation sites (N-methyl/N-ethyl adjacent to an activating group) is 1. The molecule has 144 valence electrons. The molecule has 1 amide bonds. The van der Waals surface area contributed by atoms with Gasteiger partial charge in [-0.05, 0) is 33.6 Å². The second kappa shape index (κ2) is 7.98. The van der Waals surface area contributed by atoms with Crippen molar-refractivity contribution >= 4 is 6.09 Å². The molecule has 7 nitrogen and oxygen atoms in total. The van der Waals surface area contributed by atoms with Gasteiger partial charge in [0, 0.05) is 24.6 Å². The van der Waals surface area contributed by atoms with Gasteiger partial charge in [-0.15, -0.1) is 20.4 Å². The number of nitrogens with zero attached hydrogens (tertiary/aromatic N) is 5. The Morgan fingerprint density at radius 1 is 1.04 bits per heavy atom. The van der Waals surface area contributed by atoms with E-state index in [1.807, 2.05) is 51.1 Å². The molecule has 0 saturated heterocycles. The Kier molecular flexibility index (Phi) is 5.68. The minimum Gasteiger partial charge on any atom is -0.444 e. The van der Waals surface area contributed by atoms with E-state index in [1.54, 1.807) is 11.9 Å². The van der Waals surface area contributed by atoms with Crippen LogP contribution in [0.15, 0.2) is 30.3 Å². The van der Waals surface area contributed by atoms with Crippen molar-refractivity contribution in [3.05, 3.63) is 36.2 Å². The summed E-state index contributed by atoms with van der Waals surface area (Å²) in [6, 6.07) is 9.65. The lowest BCUT2D eigenvalue weighted by molar-refractivity contribution is 0.0159. The van der Waals surface area contributed by atoms with Crippen molar-refractivity contribution in [2.75, 3.05) is 7.05 Å². The highest BCUT2D eigenvalue weighted by atomic mass is 16.6. The van der Waals surface area contributed by atoms with Crippen LogP contribution < -0.4 is 0 Å². The first kappa shape index (κ1) is 19.2. The molecule has 1 fully saturated rings. The van der Waals surface area contributed by atoms with Gasteiger partial charge in [-0.1, -0.05) is 43.2 Å². The van der Waals surface area contributed by atoms with Gasteiger partial charge in [0.15, 0.2) is 5.82 Å². The third-order valence-electron chi connectivity index (χ3n) is 4.77. The normalized spacial score (nSPS) is 20.1. The van der Waals surface area contributed by atoms with Gasteiger partial charge in [0.1, 0.15) is 5.60 Å². The van der Waals surface area contributed by atoms with Gasteiger partial charge in [0.05, 0.1) is 0 Å². The van der Waals surface area contributed by atoms with Crippen LogP contribution in [0.5, 0.6) is 0 Å². The Morgan fingerprint density at radius 3 is 2.30 bits per heavy atom. The van der Waals surface area contributed by atoms with E-state index in [9.17, 15) is 4.79 Å². The molecule has 0 bridgehead atoms. The Hall–Kier alpha value is -2.57. The lowest BCUT2D eigenvalue weighted by atomic mass is 9.83. The molecule has 1 aromatic carbocycles. The molecular weight excluding hydrogens is 342 g/mol. The van der Waals surface area contributed by atoms with Gasteiger partial charge in [-0.3, -0.25) is 0 Å². The van der Waals surface area contributed by atoms with Crippen molar-refractivity contribution in [2.45, 2.75) is 64.0 Å². The highest BCUT2D eigenvalue weighted by Gasteiger charge is 2.35. The van der Waals surface area contributed by atoms with Gasteiger partial charge in [-0.25, -0.2) is 4.79 Å². The van der Waals surface area contributed by atoms with Crippen molar-refractivity contribution in [3.8, 4) is 11.4 Å². The van der Waals surface area contributed by atoms with E-state index in [0.717, 1.165) is 31.2 Å². The van der Waals surface area contributed by atoms with Gasteiger partial charge >= 0.3 is 6.09 Å². The molecule has 0 aliphatic heterocycles. The lowest BCUT2D eigenvalue weighted by Gasteiger charge is -2.37. The molecule has 2 aromatic rings. The second-order valence-electron chi connectivity index (χ2n) is 8.00. The van der Waals surface area contributed by atoms with Crippen molar-refractivity contribution in [2.24, 2.45) is 0 Å². The summed E-state index contributed by atoms with van der Waals surface area (Å²) in [5.41, 5.74) is 0.363. The average Bonchev–Trinajstić information content (AvgIpc) is 2.67. The van der Waals surface area contributed by atoms with Gasteiger partial charge in [0.25, 0.3) is 0 Å². The number of carbonyl (C=O) groups excluding carboxylic acids is 1. The summed E-state index contributed by atoms with van der Waals surface area (Å²) < 4.78 is 5.53. The fraction of sp³-hybridized carbons (Fsp3) is 0.550. The monoisotopic (exact) mass is 369 g/mol. The van der Waals surface area contributed by atoms with Crippen molar-refractivity contribution in [1.29, 1.82) is 0 Å². The molecule has 1 aliphatic carbocycles. The molecule has 1 aliphatic rings. The molecule has 2 unspecified atom stereocenters. The average molecular weight is 369 g/mol.